The van der Waals surface area contributed by atoms with Crippen LogP contribution in [0, 0.1) is 6.92 Å². The molecular formula is C16H27N3O2. The summed E-state index contributed by atoms with van der Waals surface area (Å²) < 4.78 is 5.62. The number of ether oxygens (including phenoxy) is 1. The zero-order valence-electron chi connectivity index (χ0n) is 13.9. The van der Waals surface area contributed by atoms with E-state index in [-0.39, 0.29) is 18.1 Å². The van der Waals surface area contributed by atoms with Crippen LogP contribution in [0.25, 0.3) is 0 Å². The Morgan fingerprint density at radius 3 is 2.57 bits per heavy atom. The first kappa shape index (κ1) is 17.4. The van der Waals surface area contributed by atoms with Crippen LogP contribution in [0.15, 0.2) is 12.1 Å². The van der Waals surface area contributed by atoms with Gasteiger partial charge in [0.2, 0.25) is 0 Å². The number of carbonyl (C=O) groups is 1. The van der Waals surface area contributed by atoms with E-state index in [2.05, 4.69) is 29.5 Å². The van der Waals surface area contributed by atoms with E-state index in [1.54, 1.807) is 0 Å². The number of aromatic nitrogens is 1. The zero-order chi connectivity index (χ0) is 16.0. The summed E-state index contributed by atoms with van der Waals surface area (Å²) in [5.41, 5.74) is 1.50. The standard InChI is InChI=1S/C16H27N3O2/c1-11(2)17-9-13-14(8-7-12(3)18-13)21-10-15(20)19-16(4,5)6/h7-8,11,17H,9-10H2,1-6H3,(H,19,20). The van der Waals surface area contributed by atoms with Crippen LogP contribution in [0.3, 0.4) is 0 Å². The van der Waals surface area contributed by atoms with Gasteiger partial charge in [0.05, 0.1) is 5.69 Å². The van der Waals surface area contributed by atoms with Crippen LogP contribution >= 0.6 is 0 Å². The second-order valence-electron chi connectivity index (χ2n) is 6.52. The molecule has 0 aliphatic carbocycles. The van der Waals surface area contributed by atoms with Gasteiger partial charge in [-0.3, -0.25) is 9.78 Å². The van der Waals surface area contributed by atoms with E-state index >= 15 is 0 Å². The molecule has 118 valence electrons. The molecule has 1 aromatic rings. The van der Waals surface area contributed by atoms with Gasteiger partial charge in [-0.15, -0.1) is 0 Å². The lowest BCUT2D eigenvalue weighted by Crippen LogP contribution is -2.43. The lowest BCUT2D eigenvalue weighted by molar-refractivity contribution is -0.124. The molecule has 21 heavy (non-hydrogen) atoms. The quantitative estimate of drug-likeness (QED) is 0.844. The number of rotatable bonds is 6. The molecule has 0 unspecified atom stereocenters. The average Bonchev–Trinajstić information content (AvgIpc) is 2.33. The Hall–Kier alpha value is -1.62. The van der Waals surface area contributed by atoms with E-state index in [4.69, 9.17) is 4.74 Å². The molecule has 0 bridgehead atoms. The second-order valence-corrected chi connectivity index (χ2v) is 6.52. The number of nitrogens with one attached hydrogen (secondary N) is 2. The highest BCUT2D eigenvalue weighted by Crippen LogP contribution is 2.17. The van der Waals surface area contributed by atoms with Gasteiger partial charge in [0.15, 0.2) is 6.61 Å². The summed E-state index contributed by atoms with van der Waals surface area (Å²) in [6.07, 6.45) is 0. The Morgan fingerprint density at radius 2 is 2.00 bits per heavy atom. The predicted molar refractivity (Wildman–Crippen MR) is 84.3 cm³/mol. The molecule has 0 atom stereocenters. The molecule has 0 aliphatic rings. The molecule has 5 nitrogen and oxygen atoms in total. The highest BCUT2D eigenvalue weighted by molar-refractivity contribution is 5.78. The largest absolute Gasteiger partial charge is 0.482 e. The minimum Gasteiger partial charge on any atom is -0.482 e. The van der Waals surface area contributed by atoms with Crippen molar-refractivity contribution in [2.24, 2.45) is 0 Å². The summed E-state index contributed by atoms with van der Waals surface area (Å²) in [5.74, 6) is 0.517. The van der Waals surface area contributed by atoms with Crippen LogP contribution in [0.1, 0.15) is 46.0 Å². The fourth-order valence-electron chi connectivity index (χ4n) is 1.75. The summed E-state index contributed by atoms with van der Waals surface area (Å²) in [7, 11) is 0. The van der Waals surface area contributed by atoms with Gasteiger partial charge < -0.3 is 15.4 Å². The fraction of sp³-hybridized carbons (Fsp3) is 0.625. The molecule has 1 rings (SSSR count). The lowest BCUT2D eigenvalue weighted by atomic mass is 10.1. The Morgan fingerprint density at radius 1 is 1.33 bits per heavy atom. The van der Waals surface area contributed by atoms with Crippen molar-refractivity contribution in [3.8, 4) is 5.75 Å². The second kappa shape index (κ2) is 7.41. The van der Waals surface area contributed by atoms with Gasteiger partial charge in [-0.2, -0.15) is 0 Å². The Balaban J connectivity index is 2.67. The van der Waals surface area contributed by atoms with Gasteiger partial charge in [0, 0.05) is 23.8 Å². The minimum atomic E-state index is -0.256. The van der Waals surface area contributed by atoms with Crippen molar-refractivity contribution in [1.82, 2.24) is 15.6 Å². The molecule has 0 saturated carbocycles. The van der Waals surface area contributed by atoms with Gasteiger partial charge in [-0.05, 0) is 39.8 Å². The van der Waals surface area contributed by atoms with Crippen molar-refractivity contribution in [1.29, 1.82) is 0 Å². The molecule has 0 saturated heterocycles. The van der Waals surface area contributed by atoms with E-state index in [0.29, 0.717) is 18.3 Å². The summed E-state index contributed by atoms with van der Waals surface area (Å²) in [6.45, 7) is 12.5. The molecule has 0 spiro atoms. The number of pyridine rings is 1. The van der Waals surface area contributed by atoms with Crippen molar-refractivity contribution in [2.45, 2.75) is 59.7 Å². The van der Waals surface area contributed by atoms with Crippen molar-refractivity contribution in [3.05, 3.63) is 23.5 Å². The maximum atomic E-state index is 11.8. The van der Waals surface area contributed by atoms with Gasteiger partial charge in [0.1, 0.15) is 5.75 Å². The third kappa shape index (κ3) is 7.09. The fourth-order valence-corrected chi connectivity index (χ4v) is 1.75. The number of aryl methyl sites for hydroxylation is 1. The van der Waals surface area contributed by atoms with Crippen LogP contribution in [0.4, 0.5) is 0 Å². The molecule has 1 aromatic heterocycles. The van der Waals surface area contributed by atoms with Crippen LogP contribution < -0.4 is 15.4 Å². The first-order valence-electron chi connectivity index (χ1n) is 7.31. The van der Waals surface area contributed by atoms with E-state index in [9.17, 15) is 4.79 Å². The number of hydrogen-bond acceptors (Lipinski definition) is 4. The minimum absolute atomic E-state index is 0.00328. The predicted octanol–water partition coefficient (Wildman–Crippen LogP) is 2.18. The molecule has 1 heterocycles. The van der Waals surface area contributed by atoms with Gasteiger partial charge in [-0.25, -0.2) is 0 Å². The third-order valence-electron chi connectivity index (χ3n) is 2.62. The number of nitrogens with zero attached hydrogens (tertiary/aromatic N) is 1. The first-order chi connectivity index (χ1) is 9.67. The van der Waals surface area contributed by atoms with E-state index in [1.807, 2.05) is 39.8 Å². The first-order valence-corrected chi connectivity index (χ1v) is 7.31. The summed E-state index contributed by atoms with van der Waals surface area (Å²) in [6, 6.07) is 4.12. The smallest absolute Gasteiger partial charge is 0.258 e. The van der Waals surface area contributed by atoms with Gasteiger partial charge in [-0.1, -0.05) is 13.8 Å². The molecule has 1 amide bonds. The number of carbonyl (C=O) groups excluding carboxylic acids is 1. The normalized spacial score (nSPS) is 11.6. The molecular weight excluding hydrogens is 266 g/mol. The molecule has 5 heteroatoms. The monoisotopic (exact) mass is 293 g/mol. The van der Waals surface area contributed by atoms with Crippen molar-refractivity contribution < 1.29 is 9.53 Å². The van der Waals surface area contributed by atoms with Crippen molar-refractivity contribution >= 4 is 5.91 Å². The molecule has 0 radical (unpaired) electrons. The Kier molecular flexibility index (Phi) is 6.15. The van der Waals surface area contributed by atoms with Crippen LogP contribution in [-0.4, -0.2) is 29.1 Å². The summed E-state index contributed by atoms with van der Waals surface area (Å²) >= 11 is 0. The van der Waals surface area contributed by atoms with Gasteiger partial charge in [0.25, 0.3) is 5.91 Å². The zero-order valence-corrected chi connectivity index (χ0v) is 13.9. The molecule has 0 aromatic carbocycles. The van der Waals surface area contributed by atoms with E-state index in [0.717, 1.165) is 11.4 Å². The van der Waals surface area contributed by atoms with Crippen molar-refractivity contribution in [2.75, 3.05) is 6.61 Å². The maximum absolute atomic E-state index is 11.8. The van der Waals surface area contributed by atoms with E-state index in [1.165, 1.54) is 0 Å². The van der Waals surface area contributed by atoms with Gasteiger partial charge >= 0.3 is 0 Å². The number of amides is 1. The maximum Gasteiger partial charge on any atom is 0.258 e. The van der Waals surface area contributed by atoms with Crippen LogP contribution in [0.5, 0.6) is 5.75 Å². The Labute approximate surface area is 127 Å². The SMILES string of the molecule is Cc1ccc(OCC(=O)NC(C)(C)C)c(CNC(C)C)n1. The average molecular weight is 293 g/mol. The van der Waals surface area contributed by atoms with Crippen LogP contribution in [0.2, 0.25) is 0 Å². The molecule has 0 fully saturated rings. The topological polar surface area (TPSA) is 63.2 Å². The molecule has 0 aliphatic heterocycles. The van der Waals surface area contributed by atoms with Crippen LogP contribution in [-0.2, 0) is 11.3 Å². The van der Waals surface area contributed by atoms with Crippen molar-refractivity contribution in [3.63, 3.8) is 0 Å². The third-order valence-corrected chi connectivity index (χ3v) is 2.62. The molecule has 2 N–H and O–H groups in total. The highest BCUT2D eigenvalue weighted by Gasteiger charge is 2.15. The summed E-state index contributed by atoms with van der Waals surface area (Å²) in [4.78, 5) is 16.3. The lowest BCUT2D eigenvalue weighted by Gasteiger charge is -2.21. The number of hydrogen-bond donors (Lipinski definition) is 2. The van der Waals surface area contributed by atoms with E-state index < -0.39 is 0 Å². The summed E-state index contributed by atoms with van der Waals surface area (Å²) in [5, 5.41) is 6.18. The highest BCUT2D eigenvalue weighted by atomic mass is 16.5. The Bertz CT molecular complexity index is 479.